The zero-order valence-electron chi connectivity index (χ0n) is 10.9. The lowest BCUT2D eigenvalue weighted by molar-refractivity contribution is 0.610. The minimum Gasteiger partial charge on any atom is -0.331 e. The van der Waals surface area contributed by atoms with E-state index < -0.39 is 0 Å². The fourth-order valence-corrected chi connectivity index (χ4v) is 4.02. The first-order chi connectivity index (χ1) is 9.43. The van der Waals surface area contributed by atoms with Gasteiger partial charge in [0.2, 0.25) is 0 Å². The predicted molar refractivity (Wildman–Crippen MR) is 78.4 cm³/mol. The van der Waals surface area contributed by atoms with Crippen LogP contribution in [-0.4, -0.2) is 22.6 Å². The number of imidazole rings is 1. The van der Waals surface area contributed by atoms with E-state index >= 15 is 0 Å². The van der Waals surface area contributed by atoms with Crippen LogP contribution in [0.4, 0.5) is 0 Å². The van der Waals surface area contributed by atoms with Crippen molar-refractivity contribution in [3.05, 3.63) is 45.7 Å². The second-order valence-corrected chi connectivity index (χ2v) is 6.18. The molecule has 19 heavy (non-hydrogen) atoms. The molecular weight excluding hydrogens is 254 g/mol. The van der Waals surface area contributed by atoms with Crippen molar-refractivity contribution in [2.75, 3.05) is 13.1 Å². The first kappa shape index (κ1) is 11.4. The first-order valence-corrected chi connectivity index (χ1v) is 7.82. The minimum atomic E-state index is 1.05. The molecule has 4 heteroatoms. The van der Waals surface area contributed by atoms with E-state index in [1.54, 1.807) is 5.57 Å². The van der Waals surface area contributed by atoms with Gasteiger partial charge in [-0.2, -0.15) is 0 Å². The molecular formula is C15H17N3S. The van der Waals surface area contributed by atoms with E-state index in [-0.39, 0.29) is 0 Å². The molecule has 0 unspecified atom stereocenters. The van der Waals surface area contributed by atoms with E-state index in [4.69, 9.17) is 0 Å². The van der Waals surface area contributed by atoms with Crippen molar-refractivity contribution < 1.29 is 0 Å². The number of aryl methyl sites for hydroxylation is 2. The minimum absolute atomic E-state index is 1.05. The number of thiophene rings is 1. The summed E-state index contributed by atoms with van der Waals surface area (Å²) in [5, 5.41) is 5.67. The molecule has 1 saturated heterocycles. The van der Waals surface area contributed by atoms with Crippen LogP contribution in [0.15, 0.2) is 29.4 Å². The molecule has 4 heterocycles. The van der Waals surface area contributed by atoms with Crippen LogP contribution >= 0.6 is 11.3 Å². The van der Waals surface area contributed by atoms with Crippen LogP contribution in [0.1, 0.15) is 29.1 Å². The molecule has 0 aliphatic carbocycles. The van der Waals surface area contributed by atoms with Gasteiger partial charge in [-0.1, -0.05) is 5.57 Å². The van der Waals surface area contributed by atoms with Gasteiger partial charge in [0.05, 0.1) is 0 Å². The standard InChI is InChI=1S/C15H17N3S/c1-5-16-6-2-11(1)14-12-4-10-19-13(12)3-8-18-9-7-17-15(14)18/h4,7,9-10,16H,1-3,5-6,8H2. The Labute approximate surface area is 117 Å². The Morgan fingerprint density at radius 1 is 1.21 bits per heavy atom. The van der Waals surface area contributed by atoms with Gasteiger partial charge in [0, 0.05) is 35.8 Å². The lowest BCUT2D eigenvalue weighted by atomic mass is 9.93. The highest BCUT2D eigenvalue weighted by molar-refractivity contribution is 7.10. The molecule has 98 valence electrons. The van der Waals surface area contributed by atoms with Crippen LogP contribution in [-0.2, 0) is 13.0 Å². The molecule has 0 amide bonds. The van der Waals surface area contributed by atoms with Gasteiger partial charge in [-0.05, 0) is 42.9 Å². The molecule has 4 rings (SSSR count). The zero-order chi connectivity index (χ0) is 12.7. The van der Waals surface area contributed by atoms with Crippen LogP contribution in [0.3, 0.4) is 0 Å². The molecule has 0 spiro atoms. The summed E-state index contributed by atoms with van der Waals surface area (Å²) >= 11 is 1.89. The number of aromatic nitrogens is 2. The summed E-state index contributed by atoms with van der Waals surface area (Å²) in [5.74, 6) is 1.18. The van der Waals surface area contributed by atoms with Gasteiger partial charge in [-0.25, -0.2) is 4.98 Å². The summed E-state index contributed by atoms with van der Waals surface area (Å²) in [7, 11) is 0. The molecule has 0 atom stereocenters. The molecule has 0 bridgehead atoms. The monoisotopic (exact) mass is 271 g/mol. The third-order valence-electron chi connectivity index (χ3n) is 4.09. The van der Waals surface area contributed by atoms with Gasteiger partial charge in [0.25, 0.3) is 0 Å². The van der Waals surface area contributed by atoms with Crippen molar-refractivity contribution in [2.45, 2.75) is 25.8 Å². The highest BCUT2D eigenvalue weighted by atomic mass is 32.1. The average Bonchev–Trinajstić information content (AvgIpc) is 3.07. The fourth-order valence-electron chi connectivity index (χ4n) is 3.14. The average molecular weight is 271 g/mol. The normalized spacial score (nSPS) is 18.9. The number of rotatable bonds is 0. The van der Waals surface area contributed by atoms with E-state index in [0.29, 0.717) is 0 Å². The van der Waals surface area contributed by atoms with Gasteiger partial charge in [0.15, 0.2) is 0 Å². The van der Waals surface area contributed by atoms with Gasteiger partial charge >= 0.3 is 0 Å². The van der Waals surface area contributed by atoms with Gasteiger partial charge in [0.1, 0.15) is 5.82 Å². The summed E-state index contributed by atoms with van der Waals surface area (Å²) in [6.07, 6.45) is 7.49. The third kappa shape index (κ3) is 1.86. The molecule has 1 N–H and O–H groups in total. The Morgan fingerprint density at radius 3 is 3.00 bits per heavy atom. The largest absolute Gasteiger partial charge is 0.331 e. The Morgan fingerprint density at radius 2 is 2.11 bits per heavy atom. The summed E-state index contributed by atoms with van der Waals surface area (Å²) in [6.45, 7) is 3.25. The summed E-state index contributed by atoms with van der Waals surface area (Å²) < 4.78 is 2.32. The van der Waals surface area contributed by atoms with Crippen molar-refractivity contribution in [3.8, 4) is 0 Å². The van der Waals surface area contributed by atoms with Crippen LogP contribution in [0.25, 0.3) is 5.57 Å². The van der Waals surface area contributed by atoms with Crippen LogP contribution in [0, 0.1) is 0 Å². The highest BCUT2D eigenvalue weighted by Crippen LogP contribution is 2.36. The van der Waals surface area contributed by atoms with Crippen molar-refractivity contribution in [1.29, 1.82) is 0 Å². The molecule has 2 aliphatic rings. The number of fused-ring (bicyclic) bond motifs is 2. The van der Waals surface area contributed by atoms with Crippen LogP contribution < -0.4 is 5.32 Å². The lowest BCUT2D eigenvalue weighted by Gasteiger charge is -2.20. The van der Waals surface area contributed by atoms with Crippen molar-refractivity contribution in [3.63, 3.8) is 0 Å². The lowest BCUT2D eigenvalue weighted by Crippen LogP contribution is -2.24. The van der Waals surface area contributed by atoms with Crippen molar-refractivity contribution in [2.24, 2.45) is 0 Å². The Kier molecular flexibility index (Phi) is 2.78. The second-order valence-electron chi connectivity index (χ2n) is 5.18. The number of hydrogen-bond donors (Lipinski definition) is 1. The number of hydrogen-bond acceptors (Lipinski definition) is 3. The maximum absolute atomic E-state index is 4.64. The van der Waals surface area contributed by atoms with Crippen LogP contribution in [0.5, 0.6) is 0 Å². The van der Waals surface area contributed by atoms with Gasteiger partial charge < -0.3 is 9.88 Å². The fraction of sp³-hybridized carbons (Fsp3) is 0.400. The van der Waals surface area contributed by atoms with E-state index in [0.717, 1.165) is 38.9 Å². The molecule has 1 fully saturated rings. The number of piperidine rings is 1. The molecule has 2 aromatic heterocycles. The first-order valence-electron chi connectivity index (χ1n) is 6.94. The van der Waals surface area contributed by atoms with E-state index in [9.17, 15) is 0 Å². The van der Waals surface area contributed by atoms with Gasteiger partial charge in [-0.15, -0.1) is 11.3 Å². The summed E-state index contributed by atoms with van der Waals surface area (Å²) in [5.41, 5.74) is 4.43. The molecule has 2 aromatic rings. The van der Waals surface area contributed by atoms with Crippen LogP contribution in [0.2, 0.25) is 0 Å². The Bertz CT molecular complexity index is 583. The Balaban J connectivity index is 1.95. The molecule has 2 aliphatic heterocycles. The highest BCUT2D eigenvalue weighted by Gasteiger charge is 2.23. The number of nitrogens with one attached hydrogen (secondary N) is 1. The van der Waals surface area contributed by atoms with E-state index in [2.05, 4.69) is 32.5 Å². The van der Waals surface area contributed by atoms with Crippen molar-refractivity contribution in [1.82, 2.24) is 14.9 Å². The van der Waals surface area contributed by atoms with Gasteiger partial charge in [-0.3, -0.25) is 0 Å². The maximum Gasteiger partial charge on any atom is 0.140 e. The van der Waals surface area contributed by atoms with Crippen molar-refractivity contribution >= 4 is 16.9 Å². The SMILES string of the molecule is c1cn2c(n1)C(=C1CCNCC1)c1ccsc1CC2. The predicted octanol–water partition coefficient (Wildman–Crippen LogP) is 2.69. The van der Waals surface area contributed by atoms with E-state index in [1.165, 1.54) is 21.8 Å². The summed E-state index contributed by atoms with van der Waals surface area (Å²) in [6, 6.07) is 2.29. The Hall–Kier alpha value is -1.39. The quantitative estimate of drug-likeness (QED) is 0.798. The smallest absolute Gasteiger partial charge is 0.140 e. The second kappa shape index (κ2) is 4.62. The third-order valence-corrected chi connectivity index (χ3v) is 5.07. The molecule has 0 saturated carbocycles. The molecule has 0 radical (unpaired) electrons. The maximum atomic E-state index is 4.64. The summed E-state index contributed by atoms with van der Waals surface area (Å²) in [4.78, 5) is 6.16. The topological polar surface area (TPSA) is 29.9 Å². The number of nitrogens with zero attached hydrogens (tertiary/aromatic N) is 2. The molecule has 3 nitrogen and oxygen atoms in total. The van der Waals surface area contributed by atoms with E-state index in [1.807, 2.05) is 17.5 Å². The molecule has 0 aromatic carbocycles. The zero-order valence-corrected chi connectivity index (χ0v) is 11.7.